The molecular weight excluding hydrogens is 294 g/mol. The van der Waals surface area contributed by atoms with Crippen LogP contribution in [0.15, 0.2) is 16.9 Å². The third kappa shape index (κ3) is 3.67. The van der Waals surface area contributed by atoms with Crippen molar-refractivity contribution in [2.75, 3.05) is 13.1 Å². The predicted octanol–water partition coefficient (Wildman–Crippen LogP) is 1.85. The monoisotopic (exact) mass is 317 g/mol. The van der Waals surface area contributed by atoms with Gasteiger partial charge in [0.2, 0.25) is 11.7 Å². The Morgan fingerprint density at radius 2 is 2.35 bits per heavy atom. The maximum atomic E-state index is 12.6. The number of aromatic nitrogens is 4. The number of Topliss-reactive ketones (excluding diaryl/α,β-unsaturated/α-hetero) is 1. The van der Waals surface area contributed by atoms with E-state index in [1.54, 1.807) is 10.8 Å². The minimum Gasteiger partial charge on any atom is -0.338 e. The minimum absolute atomic E-state index is 0.0112. The molecule has 1 saturated heterocycles. The summed E-state index contributed by atoms with van der Waals surface area (Å²) in [5.74, 6) is 2.06. The van der Waals surface area contributed by atoms with E-state index >= 15 is 0 Å². The lowest BCUT2D eigenvalue weighted by molar-refractivity contribution is 0.0783. The zero-order valence-corrected chi connectivity index (χ0v) is 13.7. The number of rotatable bonds is 6. The molecule has 7 heteroatoms. The van der Waals surface area contributed by atoms with E-state index < -0.39 is 0 Å². The van der Waals surface area contributed by atoms with Crippen LogP contribution >= 0.6 is 0 Å². The third-order valence-corrected chi connectivity index (χ3v) is 4.26. The van der Waals surface area contributed by atoms with Crippen LogP contribution in [0.3, 0.4) is 0 Å². The summed E-state index contributed by atoms with van der Waals surface area (Å²) in [4.78, 5) is 23.4. The van der Waals surface area contributed by atoms with E-state index in [1.807, 2.05) is 13.2 Å². The summed E-state index contributed by atoms with van der Waals surface area (Å²) in [5.41, 5.74) is 0. The van der Waals surface area contributed by atoms with Crippen molar-refractivity contribution >= 4 is 5.78 Å². The van der Waals surface area contributed by atoms with E-state index in [4.69, 9.17) is 4.52 Å². The Bertz CT molecular complexity index is 663. The molecule has 124 valence electrons. The lowest BCUT2D eigenvalue weighted by atomic mass is 9.93. The normalized spacial score (nSPS) is 19.1. The van der Waals surface area contributed by atoms with Gasteiger partial charge in [0.1, 0.15) is 0 Å². The molecule has 3 heterocycles. The summed E-state index contributed by atoms with van der Waals surface area (Å²) in [6.07, 6.45) is 7.22. The summed E-state index contributed by atoms with van der Waals surface area (Å²) in [5, 5.41) is 3.98. The molecule has 23 heavy (non-hydrogen) atoms. The van der Waals surface area contributed by atoms with Gasteiger partial charge in [0.15, 0.2) is 11.6 Å². The van der Waals surface area contributed by atoms with Crippen LogP contribution in [0.5, 0.6) is 0 Å². The summed E-state index contributed by atoms with van der Waals surface area (Å²) >= 11 is 0. The zero-order valence-electron chi connectivity index (χ0n) is 13.7. The average Bonchev–Trinajstić information content (AvgIpc) is 3.16. The van der Waals surface area contributed by atoms with Crippen LogP contribution in [-0.2, 0) is 20.0 Å². The van der Waals surface area contributed by atoms with Crippen molar-refractivity contribution < 1.29 is 9.32 Å². The maximum Gasteiger partial charge on any atom is 0.240 e. The second-order valence-corrected chi connectivity index (χ2v) is 6.15. The highest BCUT2D eigenvalue weighted by molar-refractivity contribution is 5.94. The molecule has 1 aliphatic heterocycles. The van der Waals surface area contributed by atoms with Gasteiger partial charge in [0.25, 0.3) is 0 Å². The standard InChI is InChI=1S/C16H23N5O2/c1-3-5-13-18-14(23-19-13)11-21-8-4-6-12(10-21)15(22)16-17-7-9-20(16)2/h7,9,12H,3-6,8,10-11H2,1-2H3/t12-/m0/s1. The number of piperidine rings is 1. The highest BCUT2D eigenvalue weighted by atomic mass is 16.5. The van der Waals surface area contributed by atoms with Crippen molar-refractivity contribution in [2.24, 2.45) is 13.0 Å². The van der Waals surface area contributed by atoms with Crippen molar-refractivity contribution in [1.82, 2.24) is 24.6 Å². The Morgan fingerprint density at radius 3 is 3.09 bits per heavy atom. The number of hydrogen-bond acceptors (Lipinski definition) is 6. The molecule has 1 atom stereocenters. The minimum atomic E-state index is -0.0112. The van der Waals surface area contributed by atoms with Gasteiger partial charge in [0, 0.05) is 38.3 Å². The van der Waals surface area contributed by atoms with Crippen LogP contribution in [0, 0.1) is 5.92 Å². The molecule has 0 amide bonds. The molecule has 0 aromatic carbocycles. The number of carbonyl (C=O) groups excluding carboxylic acids is 1. The molecule has 0 spiro atoms. The Morgan fingerprint density at radius 1 is 1.48 bits per heavy atom. The average molecular weight is 317 g/mol. The fourth-order valence-electron chi connectivity index (χ4n) is 3.07. The van der Waals surface area contributed by atoms with Crippen LogP contribution in [0.25, 0.3) is 0 Å². The molecular formula is C16H23N5O2. The van der Waals surface area contributed by atoms with Crippen LogP contribution in [0.1, 0.15) is 48.5 Å². The van der Waals surface area contributed by atoms with Gasteiger partial charge in [-0.2, -0.15) is 4.98 Å². The Hall–Kier alpha value is -2.02. The summed E-state index contributed by atoms with van der Waals surface area (Å²) < 4.78 is 7.09. The van der Waals surface area contributed by atoms with Gasteiger partial charge < -0.3 is 9.09 Å². The lowest BCUT2D eigenvalue weighted by Gasteiger charge is -2.30. The van der Waals surface area contributed by atoms with Gasteiger partial charge in [-0.25, -0.2) is 4.98 Å². The van der Waals surface area contributed by atoms with E-state index in [0.29, 0.717) is 18.3 Å². The van der Waals surface area contributed by atoms with Crippen LogP contribution in [0.2, 0.25) is 0 Å². The second kappa shape index (κ2) is 7.04. The van der Waals surface area contributed by atoms with Gasteiger partial charge >= 0.3 is 0 Å². The summed E-state index contributed by atoms with van der Waals surface area (Å²) in [6.45, 7) is 4.38. The van der Waals surface area contributed by atoms with Crippen molar-refractivity contribution in [2.45, 2.75) is 39.2 Å². The van der Waals surface area contributed by atoms with Crippen molar-refractivity contribution in [1.29, 1.82) is 0 Å². The molecule has 0 radical (unpaired) electrons. The molecule has 0 aliphatic carbocycles. The molecule has 0 unspecified atom stereocenters. The first-order chi connectivity index (χ1) is 11.2. The maximum absolute atomic E-state index is 12.6. The Balaban J connectivity index is 1.61. The molecule has 0 saturated carbocycles. The second-order valence-electron chi connectivity index (χ2n) is 6.15. The molecule has 2 aromatic rings. The Kier molecular flexibility index (Phi) is 4.85. The van der Waals surface area contributed by atoms with Gasteiger partial charge in [0.05, 0.1) is 6.54 Å². The first kappa shape index (κ1) is 15.9. The van der Waals surface area contributed by atoms with Crippen LogP contribution in [0.4, 0.5) is 0 Å². The number of likely N-dealkylation sites (tertiary alicyclic amines) is 1. The topological polar surface area (TPSA) is 77.0 Å². The van der Waals surface area contributed by atoms with Gasteiger partial charge in [-0.05, 0) is 25.8 Å². The van der Waals surface area contributed by atoms with Gasteiger partial charge in [-0.3, -0.25) is 9.69 Å². The van der Waals surface area contributed by atoms with Gasteiger partial charge in [-0.1, -0.05) is 12.1 Å². The van der Waals surface area contributed by atoms with Crippen molar-refractivity contribution in [3.63, 3.8) is 0 Å². The van der Waals surface area contributed by atoms with Crippen LogP contribution in [-0.4, -0.2) is 43.5 Å². The summed E-state index contributed by atoms with van der Waals surface area (Å²) in [6, 6.07) is 0. The van der Waals surface area contributed by atoms with E-state index in [9.17, 15) is 4.79 Å². The van der Waals surface area contributed by atoms with E-state index in [1.165, 1.54) is 0 Å². The predicted molar refractivity (Wildman–Crippen MR) is 83.8 cm³/mol. The van der Waals surface area contributed by atoms with Crippen LogP contribution < -0.4 is 0 Å². The highest BCUT2D eigenvalue weighted by Crippen LogP contribution is 2.21. The first-order valence-corrected chi connectivity index (χ1v) is 8.22. The van der Waals surface area contributed by atoms with Crippen molar-refractivity contribution in [3.05, 3.63) is 29.9 Å². The van der Waals surface area contributed by atoms with E-state index in [2.05, 4.69) is 26.9 Å². The number of hydrogen-bond donors (Lipinski definition) is 0. The van der Waals surface area contributed by atoms with E-state index in [0.717, 1.165) is 44.6 Å². The third-order valence-electron chi connectivity index (χ3n) is 4.26. The number of ketones is 1. The number of imidazole rings is 1. The number of nitrogens with zero attached hydrogens (tertiary/aromatic N) is 5. The molecule has 1 aliphatic rings. The van der Waals surface area contributed by atoms with Crippen molar-refractivity contribution in [3.8, 4) is 0 Å². The highest BCUT2D eigenvalue weighted by Gasteiger charge is 2.29. The molecule has 0 N–H and O–H groups in total. The number of carbonyl (C=O) groups is 1. The molecule has 1 fully saturated rings. The fraction of sp³-hybridized carbons (Fsp3) is 0.625. The zero-order chi connectivity index (χ0) is 16.2. The largest absolute Gasteiger partial charge is 0.338 e. The van der Waals surface area contributed by atoms with Gasteiger partial charge in [-0.15, -0.1) is 0 Å². The SMILES string of the molecule is CCCc1noc(CN2CCC[C@H](C(=O)c3nccn3C)C2)n1. The smallest absolute Gasteiger partial charge is 0.240 e. The molecule has 7 nitrogen and oxygen atoms in total. The fourth-order valence-corrected chi connectivity index (χ4v) is 3.07. The molecule has 0 bridgehead atoms. The summed E-state index contributed by atoms with van der Waals surface area (Å²) in [7, 11) is 1.86. The first-order valence-electron chi connectivity index (χ1n) is 8.22. The Labute approximate surface area is 135 Å². The van der Waals surface area contributed by atoms with E-state index in [-0.39, 0.29) is 11.7 Å². The molecule has 2 aromatic heterocycles. The number of aryl methyl sites for hydroxylation is 2. The quantitative estimate of drug-likeness (QED) is 0.757. The lowest BCUT2D eigenvalue weighted by Crippen LogP contribution is -2.39. The molecule has 3 rings (SSSR count).